The summed E-state index contributed by atoms with van der Waals surface area (Å²) in [6.07, 6.45) is -0.447. The number of carboxylic acid groups (broad SMARTS) is 1. The van der Waals surface area contributed by atoms with Gasteiger partial charge in [-0.15, -0.1) is 0 Å². The van der Waals surface area contributed by atoms with E-state index in [0.717, 1.165) is 10.6 Å². The highest BCUT2D eigenvalue weighted by Crippen LogP contribution is 2.26. The second kappa shape index (κ2) is 8.22. The number of nitrogens with two attached hydrogens (primary N) is 1. The molecular formula is C16H22N4O5. The Bertz CT molecular complexity index is 664. The molecule has 0 aromatic heterocycles. The van der Waals surface area contributed by atoms with Crippen LogP contribution in [0.2, 0.25) is 0 Å². The number of anilines is 3. The molecule has 1 aliphatic heterocycles. The number of carbonyl (C=O) groups is 3. The smallest absolute Gasteiger partial charge is 0.407 e. The minimum absolute atomic E-state index is 0.161. The molecule has 1 aromatic rings. The van der Waals surface area contributed by atoms with Crippen molar-refractivity contribution in [3.8, 4) is 0 Å². The number of nitrogens with zero attached hydrogens (tertiary/aromatic N) is 2. The summed E-state index contributed by atoms with van der Waals surface area (Å²) in [7, 11) is 0. The minimum Gasteiger partial charge on any atom is -0.466 e. The fourth-order valence-electron chi connectivity index (χ4n) is 2.50. The maximum absolute atomic E-state index is 12.1. The monoisotopic (exact) mass is 350 g/mol. The number of hydrogen-bond donors (Lipinski definition) is 3. The van der Waals surface area contributed by atoms with Crippen molar-refractivity contribution in [2.45, 2.75) is 13.3 Å². The van der Waals surface area contributed by atoms with E-state index in [1.807, 2.05) is 0 Å². The number of hydrogen-bond acceptors (Lipinski definition) is 6. The molecule has 1 saturated heterocycles. The van der Waals surface area contributed by atoms with E-state index >= 15 is 0 Å². The number of carbonyl (C=O) groups excluding carboxylic acids is 2. The Morgan fingerprint density at radius 1 is 1.36 bits per heavy atom. The highest BCUT2D eigenvalue weighted by atomic mass is 16.5. The average molecular weight is 350 g/mol. The van der Waals surface area contributed by atoms with Gasteiger partial charge in [-0.05, 0) is 24.6 Å². The van der Waals surface area contributed by atoms with Crippen LogP contribution in [0.3, 0.4) is 0 Å². The van der Waals surface area contributed by atoms with Crippen molar-refractivity contribution in [1.82, 2.24) is 4.90 Å². The van der Waals surface area contributed by atoms with Gasteiger partial charge in [0.25, 0.3) is 0 Å². The SMILES string of the molecule is CC(=O)OCCCNc1ccc(N2CCN(C(=O)O)CC2=O)cc1N. The van der Waals surface area contributed by atoms with E-state index < -0.39 is 6.09 Å². The van der Waals surface area contributed by atoms with Crippen molar-refractivity contribution < 1.29 is 24.2 Å². The maximum atomic E-state index is 12.1. The Labute approximate surface area is 145 Å². The number of ether oxygens (including phenoxy) is 1. The van der Waals surface area contributed by atoms with Crippen LogP contribution in [0.25, 0.3) is 0 Å². The van der Waals surface area contributed by atoms with Crippen LogP contribution in [0, 0.1) is 0 Å². The molecule has 1 aliphatic rings. The van der Waals surface area contributed by atoms with Gasteiger partial charge in [0.05, 0.1) is 18.0 Å². The molecule has 9 heteroatoms. The minimum atomic E-state index is -1.10. The Hall–Kier alpha value is -2.97. The van der Waals surface area contributed by atoms with Gasteiger partial charge in [0.2, 0.25) is 5.91 Å². The number of amides is 2. The molecule has 9 nitrogen and oxygen atoms in total. The van der Waals surface area contributed by atoms with E-state index in [-0.39, 0.29) is 25.0 Å². The molecule has 0 atom stereocenters. The third-order valence-corrected chi connectivity index (χ3v) is 3.78. The molecule has 1 heterocycles. The van der Waals surface area contributed by atoms with Crippen LogP contribution in [0.5, 0.6) is 0 Å². The van der Waals surface area contributed by atoms with Crippen LogP contribution in [0.4, 0.5) is 21.9 Å². The summed E-state index contributed by atoms with van der Waals surface area (Å²) < 4.78 is 4.85. The first-order valence-corrected chi connectivity index (χ1v) is 7.93. The summed E-state index contributed by atoms with van der Waals surface area (Å²) in [6.45, 7) is 2.68. The first-order valence-electron chi connectivity index (χ1n) is 7.93. The van der Waals surface area contributed by atoms with Crippen LogP contribution >= 0.6 is 0 Å². The average Bonchev–Trinajstić information content (AvgIpc) is 2.55. The third-order valence-electron chi connectivity index (χ3n) is 3.78. The van der Waals surface area contributed by atoms with E-state index in [1.165, 1.54) is 11.8 Å². The van der Waals surface area contributed by atoms with Crippen molar-refractivity contribution in [2.75, 3.05) is 48.7 Å². The lowest BCUT2D eigenvalue weighted by Crippen LogP contribution is -2.52. The summed E-state index contributed by atoms with van der Waals surface area (Å²) in [5.74, 6) is -0.591. The number of nitrogen functional groups attached to an aromatic ring is 1. The summed E-state index contributed by atoms with van der Waals surface area (Å²) in [6, 6.07) is 5.22. The first-order chi connectivity index (χ1) is 11.9. The van der Waals surface area contributed by atoms with Gasteiger partial charge in [0, 0.05) is 32.2 Å². The second-order valence-electron chi connectivity index (χ2n) is 5.64. The van der Waals surface area contributed by atoms with Crippen molar-refractivity contribution in [1.29, 1.82) is 0 Å². The van der Waals surface area contributed by atoms with Crippen molar-refractivity contribution in [2.24, 2.45) is 0 Å². The van der Waals surface area contributed by atoms with E-state index in [4.69, 9.17) is 15.6 Å². The lowest BCUT2D eigenvalue weighted by atomic mass is 10.2. The highest BCUT2D eigenvalue weighted by Gasteiger charge is 2.27. The van der Waals surface area contributed by atoms with Gasteiger partial charge in [0.15, 0.2) is 0 Å². The van der Waals surface area contributed by atoms with Gasteiger partial charge in [-0.2, -0.15) is 0 Å². The number of esters is 1. The molecule has 1 fully saturated rings. The molecule has 0 spiro atoms. The lowest BCUT2D eigenvalue weighted by molar-refractivity contribution is -0.140. The summed E-state index contributed by atoms with van der Waals surface area (Å²) in [4.78, 5) is 36.3. The second-order valence-corrected chi connectivity index (χ2v) is 5.64. The third kappa shape index (κ3) is 5.00. The molecule has 1 aromatic carbocycles. The summed E-state index contributed by atoms with van der Waals surface area (Å²) in [5.41, 5.74) is 7.87. The van der Waals surface area contributed by atoms with Gasteiger partial charge in [-0.25, -0.2) is 4.79 Å². The molecule has 136 valence electrons. The topological polar surface area (TPSA) is 125 Å². The van der Waals surface area contributed by atoms with E-state index in [9.17, 15) is 14.4 Å². The Kier molecular flexibility index (Phi) is 6.04. The molecule has 2 rings (SSSR count). The Morgan fingerprint density at radius 3 is 2.72 bits per heavy atom. The molecule has 0 unspecified atom stereocenters. The fraction of sp³-hybridized carbons (Fsp3) is 0.438. The van der Waals surface area contributed by atoms with Crippen LogP contribution in [0.1, 0.15) is 13.3 Å². The molecule has 0 aliphatic carbocycles. The van der Waals surface area contributed by atoms with E-state index in [1.54, 1.807) is 18.2 Å². The first kappa shape index (κ1) is 18.4. The van der Waals surface area contributed by atoms with Gasteiger partial charge >= 0.3 is 12.1 Å². The van der Waals surface area contributed by atoms with Crippen LogP contribution < -0.4 is 16.0 Å². The molecule has 25 heavy (non-hydrogen) atoms. The normalized spacial score (nSPS) is 14.4. The molecule has 0 bridgehead atoms. The predicted octanol–water partition coefficient (Wildman–Crippen LogP) is 0.961. The van der Waals surface area contributed by atoms with Gasteiger partial charge in [0.1, 0.15) is 6.54 Å². The van der Waals surface area contributed by atoms with Gasteiger partial charge in [-0.3, -0.25) is 14.5 Å². The van der Waals surface area contributed by atoms with Crippen LogP contribution in [-0.2, 0) is 14.3 Å². The Balaban J connectivity index is 1.92. The summed E-state index contributed by atoms with van der Waals surface area (Å²) in [5, 5.41) is 12.1. The lowest BCUT2D eigenvalue weighted by Gasteiger charge is -2.33. The van der Waals surface area contributed by atoms with Gasteiger partial charge < -0.3 is 25.8 Å². The number of benzene rings is 1. The molecule has 2 amide bonds. The van der Waals surface area contributed by atoms with E-state index in [0.29, 0.717) is 37.5 Å². The van der Waals surface area contributed by atoms with E-state index in [2.05, 4.69) is 5.32 Å². The molecule has 0 radical (unpaired) electrons. The number of nitrogens with one attached hydrogen (secondary N) is 1. The van der Waals surface area contributed by atoms with Crippen molar-refractivity contribution in [3.63, 3.8) is 0 Å². The van der Waals surface area contributed by atoms with Crippen molar-refractivity contribution >= 4 is 35.0 Å². The largest absolute Gasteiger partial charge is 0.466 e. The Morgan fingerprint density at radius 2 is 2.12 bits per heavy atom. The van der Waals surface area contributed by atoms with Crippen LogP contribution in [0.15, 0.2) is 18.2 Å². The number of rotatable bonds is 6. The zero-order valence-electron chi connectivity index (χ0n) is 14.0. The summed E-state index contributed by atoms with van der Waals surface area (Å²) >= 11 is 0. The molecule has 0 saturated carbocycles. The molecular weight excluding hydrogens is 328 g/mol. The molecule has 4 N–H and O–H groups in total. The quantitative estimate of drug-likeness (QED) is 0.396. The predicted molar refractivity (Wildman–Crippen MR) is 92.5 cm³/mol. The zero-order valence-corrected chi connectivity index (χ0v) is 14.0. The number of piperazine rings is 1. The van der Waals surface area contributed by atoms with Crippen molar-refractivity contribution in [3.05, 3.63) is 18.2 Å². The standard InChI is InChI=1S/C16H22N4O5/c1-11(21)25-8-2-5-18-14-4-3-12(9-13(14)17)20-7-6-19(16(23)24)10-15(20)22/h3-4,9,18H,2,5-8,10,17H2,1H3,(H,23,24). The zero-order chi connectivity index (χ0) is 18.4. The van der Waals surface area contributed by atoms with Crippen LogP contribution in [-0.4, -0.2) is 60.8 Å². The highest BCUT2D eigenvalue weighted by molar-refractivity contribution is 5.98. The maximum Gasteiger partial charge on any atom is 0.407 e. The van der Waals surface area contributed by atoms with Gasteiger partial charge in [-0.1, -0.05) is 0 Å². The fourth-order valence-corrected chi connectivity index (χ4v) is 2.50.